The number of carbonyl (C=O) groups is 1. The second kappa shape index (κ2) is 7.81. The van der Waals surface area contributed by atoms with E-state index in [9.17, 15) is 4.79 Å². The number of hydrogen-bond acceptors (Lipinski definition) is 3. The molecule has 0 aromatic heterocycles. The van der Waals surface area contributed by atoms with Crippen molar-refractivity contribution in [2.45, 2.75) is 13.0 Å². The van der Waals surface area contributed by atoms with Gasteiger partial charge in [0.1, 0.15) is 18.3 Å². The van der Waals surface area contributed by atoms with Crippen LogP contribution < -0.4 is 4.74 Å². The van der Waals surface area contributed by atoms with Crippen molar-refractivity contribution in [3.63, 3.8) is 0 Å². The summed E-state index contributed by atoms with van der Waals surface area (Å²) < 4.78 is 5.69. The first-order chi connectivity index (χ1) is 11.1. The summed E-state index contributed by atoms with van der Waals surface area (Å²) in [5.41, 5.74) is 2.51. The van der Waals surface area contributed by atoms with Gasteiger partial charge in [-0.15, -0.1) is 0 Å². The summed E-state index contributed by atoms with van der Waals surface area (Å²) in [6.45, 7) is 4.35. The summed E-state index contributed by atoms with van der Waals surface area (Å²) in [4.78, 5) is 10.9. The van der Waals surface area contributed by atoms with Gasteiger partial charge in [0.05, 0.1) is 6.07 Å². The summed E-state index contributed by atoms with van der Waals surface area (Å²) in [7, 11) is 0. The van der Waals surface area contributed by atoms with Gasteiger partial charge in [0.25, 0.3) is 0 Å². The average Bonchev–Trinajstić information content (AvgIpc) is 2.58. The Labute approximate surface area is 135 Å². The molecule has 0 amide bonds. The van der Waals surface area contributed by atoms with Crippen LogP contribution in [-0.2, 0) is 11.4 Å². The largest absolute Gasteiger partial charge is 0.489 e. The van der Waals surface area contributed by atoms with E-state index in [0.717, 1.165) is 16.9 Å². The number of nitrogens with zero attached hydrogens (tertiary/aromatic N) is 1. The molecule has 23 heavy (non-hydrogen) atoms. The van der Waals surface area contributed by atoms with Crippen LogP contribution in [0.5, 0.6) is 5.75 Å². The molecule has 0 fully saturated rings. The van der Waals surface area contributed by atoms with Crippen molar-refractivity contribution in [1.82, 2.24) is 0 Å². The van der Waals surface area contributed by atoms with E-state index in [2.05, 4.69) is 6.58 Å². The molecule has 1 unspecified atom stereocenters. The van der Waals surface area contributed by atoms with E-state index in [1.807, 2.05) is 54.6 Å². The molecule has 0 aliphatic heterocycles. The smallest absolute Gasteiger partial charge is 0.321 e. The molecule has 0 saturated heterocycles. The third kappa shape index (κ3) is 4.72. The van der Waals surface area contributed by atoms with Crippen LogP contribution in [0.25, 0.3) is 5.57 Å². The molecular weight excluding hydrogens is 290 g/mol. The highest BCUT2D eigenvalue weighted by Gasteiger charge is 2.18. The Morgan fingerprint density at radius 3 is 2.39 bits per heavy atom. The molecule has 0 aliphatic carbocycles. The fourth-order valence-electron chi connectivity index (χ4n) is 2.08. The molecule has 2 aromatic rings. The van der Waals surface area contributed by atoms with E-state index in [1.54, 1.807) is 6.07 Å². The molecule has 0 radical (unpaired) electrons. The van der Waals surface area contributed by atoms with E-state index >= 15 is 0 Å². The van der Waals surface area contributed by atoms with Gasteiger partial charge < -0.3 is 9.84 Å². The zero-order valence-corrected chi connectivity index (χ0v) is 12.6. The van der Waals surface area contributed by atoms with Gasteiger partial charge in [-0.25, -0.2) is 0 Å². The van der Waals surface area contributed by atoms with Crippen LogP contribution in [0, 0.1) is 17.2 Å². The lowest BCUT2D eigenvalue weighted by Gasteiger charge is -2.10. The summed E-state index contributed by atoms with van der Waals surface area (Å²) in [5, 5.41) is 17.7. The number of benzene rings is 2. The molecular formula is C19H17NO3. The molecule has 4 heteroatoms. The maximum Gasteiger partial charge on any atom is 0.321 e. The van der Waals surface area contributed by atoms with Crippen molar-refractivity contribution in [2.24, 2.45) is 5.92 Å². The molecule has 0 saturated carbocycles. The molecule has 0 spiro atoms. The number of carboxylic acid groups (broad SMARTS) is 1. The fourth-order valence-corrected chi connectivity index (χ4v) is 2.08. The van der Waals surface area contributed by atoms with Crippen LogP contribution in [0.3, 0.4) is 0 Å². The molecule has 1 N–H and O–H groups in total. The minimum atomic E-state index is -1.13. The number of hydrogen-bond donors (Lipinski definition) is 1. The van der Waals surface area contributed by atoms with Gasteiger partial charge in [0, 0.05) is 0 Å². The molecule has 0 bridgehead atoms. The zero-order chi connectivity index (χ0) is 16.7. The number of carboxylic acids is 1. The van der Waals surface area contributed by atoms with Crippen molar-refractivity contribution in [3.8, 4) is 11.8 Å². The monoisotopic (exact) mass is 307 g/mol. The molecule has 0 heterocycles. The third-order valence-corrected chi connectivity index (χ3v) is 3.42. The van der Waals surface area contributed by atoms with Crippen molar-refractivity contribution < 1.29 is 14.6 Å². The highest BCUT2D eigenvalue weighted by molar-refractivity contribution is 5.77. The van der Waals surface area contributed by atoms with Gasteiger partial charge in [-0.05, 0) is 35.3 Å². The van der Waals surface area contributed by atoms with Crippen molar-refractivity contribution >= 4 is 11.5 Å². The number of rotatable bonds is 7. The Morgan fingerprint density at radius 1 is 1.17 bits per heavy atom. The van der Waals surface area contributed by atoms with Gasteiger partial charge in [-0.1, -0.05) is 49.0 Å². The van der Waals surface area contributed by atoms with Gasteiger partial charge >= 0.3 is 5.97 Å². The number of allylic oxidation sites excluding steroid dienone is 1. The van der Waals surface area contributed by atoms with E-state index in [-0.39, 0.29) is 6.42 Å². The van der Waals surface area contributed by atoms with Crippen molar-refractivity contribution in [1.29, 1.82) is 5.26 Å². The molecule has 1 atom stereocenters. The maximum absolute atomic E-state index is 10.9. The van der Waals surface area contributed by atoms with Crippen LogP contribution in [0.15, 0.2) is 61.2 Å². The van der Waals surface area contributed by atoms with Crippen molar-refractivity contribution in [3.05, 3.63) is 72.3 Å². The number of aliphatic carboxylic acids is 1. The quantitative estimate of drug-likeness (QED) is 0.842. The SMILES string of the molecule is C=C(CC(C#N)C(=O)O)c1ccc(OCc2ccccc2)cc1. The number of nitriles is 1. The van der Waals surface area contributed by atoms with Gasteiger partial charge in [-0.3, -0.25) is 4.79 Å². The molecule has 2 aromatic carbocycles. The average molecular weight is 307 g/mol. The van der Waals surface area contributed by atoms with Crippen LogP contribution >= 0.6 is 0 Å². The van der Waals surface area contributed by atoms with Crippen molar-refractivity contribution in [2.75, 3.05) is 0 Å². The Hall–Kier alpha value is -3.06. The summed E-state index contributed by atoms with van der Waals surface area (Å²) in [5.74, 6) is -1.48. The molecule has 0 aliphatic rings. The maximum atomic E-state index is 10.9. The topological polar surface area (TPSA) is 70.3 Å². The van der Waals surface area contributed by atoms with E-state index in [4.69, 9.17) is 15.1 Å². The van der Waals surface area contributed by atoms with Gasteiger partial charge in [0.15, 0.2) is 0 Å². The van der Waals surface area contributed by atoms with E-state index in [0.29, 0.717) is 12.2 Å². The molecule has 2 rings (SSSR count). The molecule has 4 nitrogen and oxygen atoms in total. The van der Waals surface area contributed by atoms with Gasteiger partial charge in [-0.2, -0.15) is 5.26 Å². The molecule has 116 valence electrons. The summed E-state index contributed by atoms with van der Waals surface area (Å²) >= 11 is 0. The predicted molar refractivity (Wildman–Crippen MR) is 87.6 cm³/mol. The highest BCUT2D eigenvalue weighted by Crippen LogP contribution is 2.23. The standard InChI is InChI=1S/C19H17NO3/c1-14(11-17(12-20)19(21)22)16-7-9-18(10-8-16)23-13-15-5-3-2-4-6-15/h2-10,17H,1,11,13H2,(H,21,22). The zero-order valence-electron chi connectivity index (χ0n) is 12.6. The van der Waals surface area contributed by atoms with E-state index in [1.165, 1.54) is 0 Å². The van der Waals surface area contributed by atoms with E-state index < -0.39 is 11.9 Å². The fraction of sp³-hybridized carbons (Fsp3) is 0.158. The third-order valence-electron chi connectivity index (χ3n) is 3.42. The summed E-state index contributed by atoms with van der Waals surface area (Å²) in [6.07, 6.45) is 0.107. The Morgan fingerprint density at radius 2 is 1.83 bits per heavy atom. The Balaban J connectivity index is 1.95. The summed E-state index contributed by atoms with van der Waals surface area (Å²) in [6, 6.07) is 18.9. The first kappa shape index (κ1) is 16.3. The minimum Gasteiger partial charge on any atom is -0.489 e. The Kier molecular flexibility index (Phi) is 5.54. The highest BCUT2D eigenvalue weighted by atomic mass is 16.5. The van der Waals surface area contributed by atoms with Crippen LogP contribution in [0.1, 0.15) is 17.5 Å². The van der Waals surface area contributed by atoms with Gasteiger partial charge in [0.2, 0.25) is 0 Å². The minimum absolute atomic E-state index is 0.107. The van der Waals surface area contributed by atoms with Crippen LogP contribution in [-0.4, -0.2) is 11.1 Å². The van der Waals surface area contributed by atoms with Crippen LogP contribution in [0.4, 0.5) is 0 Å². The lowest BCUT2D eigenvalue weighted by atomic mass is 9.96. The first-order valence-corrected chi connectivity index (χ1v) is 7.17. The lowest BCUT2D eigenvalue weighted by Crippen LogP contribution is -2.11. The second-order valence-electron chi connectivity index (χ2n) is 5.13. The normalized spacial score (nSPS) is 11.3. The Bertz CT molecular complexity index is 715. The van der Waals surface area contributed by atoms with Crippen LogP contribution in [0.2, 0.25) is 0 Å². The predicted octanol–water partition coefficient (Wildman–Crippen LogP) is 3.89. The second-order valence-corrected chi connectivity index (χ2v) is 5.13. The number of ether oxygens (including phenoxy) is 1. The first-order valence-electron chi connectivity index (χ1n) is 7.17. The lowest BCUT2D eigenvalue weighted by molar-refractivity contribution is -0.139.